The smallest absolute Gasteiger partial charge is 0.391 e. The van der Waals surface area contributed by atoms with Crippen molar-refractivity contribution < 1.29 is 32.3 Å². The summed E-state index contributed by atoms with van der Waals surface area (Å²) < 4.78 is 42.2. The van der Waals surface area contributed by atoms with Gasteiger partial charge in [0, 0.05) is 16.2 Å². The Labute approximate surface area is 145 Å². The largest absolute Gasteiger partial charge is 0.480 e. The second-order valence-corrected chi connectivity index (χ2v) is 6.11. The van der Waals surface area contributed by atoms with Crippen molar-refractivity contribution in [3.63, 3.8) is 0 Å². The third-order valence-electron chi connectivity index (χ3n) is 3.13. The molecule has 0 radical (unpaired) electrons. The molecular formula is C16H14F3NO4S. The van der Waals surface area contributed by atoms with Gasteiger partial charge in [-0.2, -0.15) is 13.2 Å². The molecule has 2 aromatic rings. The first-order chi connectivity index (χ1) is 11.8. The molecule has 134 valence electrons. The van der Waals surface area contributed by atoms with Crippen molar-refractivity contribution in [2.45, 2.75) is 29.3 Å². The standard InChI is InChI=1S/C16H14F3NO4S/c17-16(18,19)8-12(15(22)23)20-14(21)13-10(6-7-24-13)9-25-11-4-2-1-3-5-11/h1-7,12H,8-9H2,(H,20,21)(H,22,23). The maximum absolute atomic E-state index is 12.4. The molecule has 1 aromatic carbocycles. The van der Waals surface area contributed by atoms with Crippen LogP contribution in [0.4, 0.5) is 13.2 Å². The predicted octanol–water partition coefficient (Wildman–Crippen LogP) is 3.71. The molecule has 25 heavy (non-hydrogen) atoms. The summed E-state index contributed by atoms with van der Waals surface area (Å²) in [5.74, 6) is -2.61. The number of hydrogen-bond acceptors (Lipinski definition) is 4. The molecule has 0 saturated heterocycles. The number of aliphatic carboxylic acids is 1. The Hall–Kier alpha value is -2.42. The number of amides is 1. The Balaban J connectivity index is 2.04. The Morgan fingerprint density at radius 1 is 1.20 bits per heavy atom. The van der Waals surface area contributed by atoms with E-state index in [1.807, 2.05) is 35.6 Å². The average molecular weight is 373 g/mol. The van der Waals surface area contributed by atoms with Crippen LogP contribution in [0.1, 0.15) is 22.5 Å². The Morgan fingerprint density at radius 2 is 1.88 bits per heavy atom. The zero-order chi connectivity index (χ0) is 18.4. The van der Waals surface area contributed by atoms with Crippen LogP contribution in [0, 0.1) is 0 Å². The van der Waals surface area contributed by atoms with Crippen LogP contribution in [0.15, 0.2) is 52.0 Å². The normalized spacial score (nSPS) is 12.6. The Kier molecular flexibility index (Phi) is 6.13. The summed E-state index contributed by atoms with van der Waals surface area (Å²) in [5.41, 5.74) is 0.461. The highest BCUT2D eigenvalue weighted by Crippen LogP contribution is 2.25. The lowest BCUT2D eigenvalue weighted by Crippen LogP contribution is -2.43. The highest BCUT2D eigenvalue weighted by Gasteiger charge is 2.37. The van der Waals surface area contributed by atoms with Gasteiger partial charge < -0.3 is 14.8 Å². The number of nitrogens with one attached hydrogen (secondary N) is 1. The molecule has 0 spiro atoms. The molecule has 0 aliphatic carbocycles. The molecule has 5 nitrogen and oxygen atoms in total. The molecule has 0 saturated carbocycles. The number of thioether (sulfide) groups is 1. The van der Waals surface area contributed by atoms with Crippen LogP contribution in [-0.4, -0.2) is 29.2 Å². The number of carboxylic acid groups (broad SMARTS) is 1. The second-order valence-electron chi connectivity index (χ2n) is 5.06. The van der Waals surface area contributed by atoms with Gasteiger partial charge in [-0.05, 0) is 18.2 Å². The van der Waals surface area contributed by atoms with E-state index in [1.165, 1.54) is 24.1 Å². The summed E-state index contributed by atoms with van der Waals surface area (Å²) in [6, 6.07) is 8.73. The number of halogens is 3. The molecule has 1 heterocycles. The summed E-state index contributed by atoms with van der Waals surface area (Å²) in [6.07, 6.45) is -5.15. The molecule has 1 amide bonds. The molecule has 1 atom stereocenters. The first kappa shape index (κ1) is 18.9. The topological polar surface area (TPSA) is 79.5 Å². The summed E-state index contributed by atoms with van der Waals surface area (Å²) in [4.78, 5) is 24.0. The number of rotatable bonds is 7. The van der Waals surface area contributed by atoms with Crippen molar-refractivity contribution in [1.82, 2.24) is 5.32 Å². The van der Waals surface area contributed by atoms with E-state index in [-0.39, 0.29) is 5.76 Å². The van der Waals surface area contributed by atoms with E-state index in [0.29, 0.717) is 11.3 Å². The van der Waals surface area contributed by atoms with Gasteiger partial charge in [-0.3, -0.25) is 4.79 Å². The number of carbonyl (C=O) groups excluding carboxylic acids is 1. The molecular weight excluding hydrogens is 359 g/mol. The fourth-order valence-corrected chi connectivity index (χ4v) is 2.88. The molecule has 1 aromatic heterocycles. The van der Waals surface area contributed by atoms with E-state index in [9.17, 15) is 22.8 Å². The van der Waals surface area contributed by atoms with Crippen molar-refractivity contribution in [2.75, 3.05) is 0 Å². The Bertz CT molecular complexity index is 730. The molecule has 2 N–H and O–H groups in total. The van der Waals surface area contributed by atoms with E-state index in [0.717, 1.165) is 4.90 Å². The summed E-state index contributed by atoms with van der Waals surface area (Å²) in [7, 11) is 0. The molecule has 0 aliphatic rings. The fraction of sp³-hybridized carbons (Fsp3) is 0.250. The third kappa shape index (κ3) is 5.86. The van der Waals surface area contributed by atoms with Crippen LogP contribution in [0.5, 0.6) is 0 Å². The minimum atomic E-state index is -4.72. The summed E-state index contributed by atoms with van der Waals surface area (Å²) in [5, 5.41) is 10.7. The van der Waals surface area contributed by atoms with Crippen LogP contribution >= 0.6 is 11.8 Å². The van der Waals surface area contributed by atoms with Gasteiger partial charge in [-0.15, -0.1) is 11.8 Å². The SMILES string of the molecule is O=C(NC(CC(F)(F)F)C(=O)O)c1occc1CSc1ccccc1. The maximum atomic E-state index is 12.4. The van der Waals surface area contributed by atoms with Gasteiger partial charge in [-0.1, -0.05) is 18.2 Å². The van der Waals surface area contributed by atoms with E-state index in [4.69, 9.17) is 9.52 Å². The van der Waals surface area contributed by atoms with Crippen LogP contribution < -0.4 is 5.32 Å². The van der Waals surface area contributed by atoms with Gasteiger partial charge in [0.2, 0.25) is 0 Å². The molecule has 0 aliphatic heterocycles. The first-order valence-corrected chi connectivity index (χ1v) is 8.09. The number of furan rings is 1. The van der Waals surface area contributed by atoms with E-state index < -0.39 is 30.5 Å². The summed E-state index contributed by atoms with van der Waals surface area (Å²) in [6.45, 7) is 0. The van der Waals surface area contributed by atoms with Crippen molar-refractivity contribution in [1.29, 1.82) is 0 Å². The van der Waals surface area contributed by atoms with Gasteiger partial charge in [-0.25, -0.2) is 4.79 Å². The van der Waals surface area contributed by atoms with E-state index in [2.05, 4.69) is 0 Å². The highest BCUT2D eigenvalue weighted by molar-refractivity contribution is 7.98. The fourth-order valence-electron chi connectivity index (χ4n) is 1.98. The second kappa shape index (κ2) is 8.11. The van der Waals surface area contributed by atoms with Crippen LogP contribution in [0.3, 0.4) is 0 Å². The number of carboxylic acids is 1. The maximum Gasteiger partial charge on any atom is 0.391 e. The third-order valence-corrected chi connectivity index (χ3v) is 4.19. The van der Waals surface area contributed by atoms with Crippen LogP contribution in [0.2, 0.25) is 0 Å². The lowest BCUT2D eigenvalue weighted by molar-refractivity contribution is -0.157. The van der Waals surface area contributed by atoms with Gasteiger partial charge >= 0.3 is 12.1 Å². The van der Waals surface area contributed by atoms with Gasteiger partial charge in [0.1, 0.15) is 6.04 Å². The highest BCUT2D eigenvalue weighted by atomic mass is 32.2. The number of benzene rings is 1. The summed E-state index contributed by atoms with van der Waals surface area (Å²) >= 11 is 1.41. The molecule has 0 fully saturated rings. The van der Waals surface area contributed by atoms with Crippen molar-refractivity contribution in [3.8, 4) is 0 Å². The van der Waals surface area contributed by atoms with Crippen molar-refractivity contribution in [3.05, 3.63) is 54.0 Å². The zero-order valence-corrected chi connectivity index (χ0v) is 13.6. The lowest BCUT2D eigenvalue weighted by Gasteiger charge is -2.16. The van der Waals surface area contributed by atoms with Crippen molar-refractivity contribution in [2.24, 2.45) is 0 Å². The quantitative estimate of drug-likeness (QED) is 0.724. The molecule has 1 unspecified atom stereocenters. The predicted molar refractivity (Wildman–Crippen MR) is 84.3 cm³/mol. The lowest BCUT2D eigenvalue weighted by atomic mass is 10.2. The van der Waals surface area contributed by atoms with Gasteiger partial charge in [0.25, 0.3) is 5.91 Å². The number of alkyl halides is 3. The zero-order valence-electron chi connectivity index (χ0n) is 12.7. The molecule has 9 heteroatoms. The number of carbonyl (C=O) groups is 2. The van der Waals surface area contributed by atoms with Crippen LogP contribution in [0.25, 0.3) is 0 Å². The molecule has 2 rings (SSSR count). The Morgan fingerprint density at radius 3 is 2.48 bits per heavy atom. The van der Waals surface area contributed by atoms with E-state index >= 15 is 0 Å². The number of hydrogen-bond donors (Lipinski definition) is 2. The minimum Gasteiger partial charge on any atom is -0.480 e. The van der Waals surface area contributed by atoms with Crippen LogP contribution in [-0.2, 0) is 10.5 Å². The average Bonchev–Trinajstić information content (AvgIpc) is 3.00. The first-order valence-electron chi connectivity index (χ1n) is 7.11. The monoisotopic (exact) mass is 373 g/mol. The van der Waals surface area contributed by atoms with Crippen molar-refractivity contribution >= 4 is 23.6 Å². The van der Waals surface area contributed by atoms with E-state index in [1.54, 1.807) is 0 Å². The minimum absolute atomic E-state index is 0.197. The molecule has 0 bridgehead atoms. The van der Waals surface area contributed by atoms with Gasteiger partial charge in [0.05, 0.1) is 12.7 Å². The van der Waals surface area contributed by atoms with Gasteiger partial charge in [0.15, 0.2) is 5.76 Å².